The maximum atomic E-state index is 12.0. The number of nitrogens with one attached hydrogen (secondary N) is 2. The molecule has 0 fully saturated rings. The fourth-order valence-electron chi connectivity index (χ4n) is 2.48. The smallest absolute Gasteiger partial charge is 0.276 e. The lowest BCUT2D eigenvalue weighted by molar-refractivity contribution is -0.123. The Morgan fingerprint density at radius 3 is 2.42 bits per heavy atom. The van der Waals surface area contributed by atoms with Crippen molar-refractivity contribution in [1.29, 1.82) is 0 Å². The van der Waals surface area contributed by atoms with Crippen LogP contribution < -0.4 is 15.6 Å². The third kappa shape index (κ3) is 4.79. The molecule has 0 saturated carbocycles. The zero-order valence-electron chi connectivity index (χ0n) is 15.5. The maximum absolute atomic E-state index is 12.0. The van der Waals surface area contributed by atoms with Crippen LogP contribution in [0.3, 0.4) is 0 Å². The molecule has 6 nitrogen and oxygen atoms in total. The number of aryl methyl sites for hydroxylation is 3. The molecule has 0 aliphatic heterocycles. The highest BCUT2D eigenvalue weighted by molar-refractivity contribution is 6.31. The van der Waals surface area contributed by atoms with E-state index in [1.807, 2.05) is 26.8 Å². The first-order valence-corrected chi connectivity index (χ1v) is 8.66. The Labute approximate surface area is 157 Å². The first kappa shape index (κ1) is 19.8. The lowest BCUT2D eigenvalue weighted by Gasteiger charge is -2.16. The monoisotopic (exact) mass is 378 g/mol. The molecule has 2 aromatic rings. The number of carbonyl (C=O) groups excluding carboxylic acids is 2. The summed E-state index contributed by atoms with van der Waals surface area (Å²) in [6.07, 6.45) is 0. The number of furan rings is 1. The van der Waals surface area contributed by atoms with E-state index in [0.717, 1.165) is 11.1 Å². The van der Waals surface area contributed by atoms with E-state index in [1.54, 1.807) is 26.0 Å². The molecule has 0 unspecified atom stereocenters. The number of halogens is 1. The van der Waals surface area contributed by atoms with Crippen molar-refractivity contribution in [3.8, 4) is 5.75 Å². The molecule has 140 valence electrons. The third-order valence-corrected chi connectivity index (χ3v) is 4.28. The fourth-order valence-corrected chi connectivity index (χ4v) is 2.65. The van der Waals surface area contributed by atoms with Crippen LogP contribution in [0.15, 0.2) is 22.6 Å². The molecule has 1 aromatic carbocycles. The maximum Gasteiger partial charge on any atom is 0.276 e. The van der Waals surface area contributed by atoms with Gasteiger partial charge in [0.05, 0.1) is 5.56 Å². The molecule has 0 atom stereocenters. The summed E-state index contributed by atoms with van der Waals surface area (Å²) in [5.74, 6) is 0.990. The third-order valence-electron chi connectivity index (χ3n) is 3.87. The highest BCUT2D eigenvalue weighted by Crippen LogP contribution is 2.31. The minimum absolute atomic E-state index is 0.193. The van der Waals surface area contributed by atoms with Crippen LogP contribution in [-0.4, -0.2) is 18.4 Å². The summed E-state index contributed by atoms with van der Waals surface area (Å²) in [4.78, 5) is 24.0. The summed E-state index contributed by atoms with van der Waals surface area (Å²) < 4.78 is 10.9. The van der Waals surface area contributed by atoms with Crippen molar-refractivity contribution >= 4 is 23.4 Å². The fraction of sp³-hybridized carbons (Fsp3) is 0.368. The largest absolute Gasteiger partial charge is 0.483 e. The zero-order valence-corrected chi connectivity index (χ0v) is 16.3. The van der Waals surface area contributed by atoms with Gasteiger partial charge in [-0.1, -0.05) is 25.4 Å². The van der Waals surface area contributed by atoms with Gasteiger partial charge in [0.1, 0.15) is 17.3 Å². The van der Waals surface area contributed by atoms with Crippen LogP contribution in [0.2, 0.25) is 5.02 Å². The number of hydrazine groups is 1. The Kier molecular flexibility index (Phi) is 6.32. The Morgan fingerprint density at radius 2 is 1.85 bits per heavy atom. The molecule has 2 N–H and O–H groups in total. The Morgan fingerprint density at radius 1 is 1.15 bits per heavy atom. The molecule has 1 heterocycles. The van der Waals surface area contributed by atoms with Crippen LogP contribution in [-0.2, 0) is 4.79 Å². The lowest BCUT2D eigenvalue weighted by Crippen LogP contribution is -2.43. The number of benzene rings is 1. The standard InChI is InChI=1S/C19H23ClN2O4/c1-10(2)14-8-16(20)11(3)6-17(14)25-9-18(23)21-22-19(24)15-7-12(4)26-13(15)5/h6-8,10H,9H2,1-5H3,(H,21,23)(H,22,24). The van der Waals surface area contributed by atoms with Gasteiger partial charge in [-0.2, -0.15) is 0 Å². The van der Waals surface area contributed by atoms with Gasteiger partial charge in [-0.25, -0.2) is 0 Å². The number of ether oxygens (including phenoxy) is 1. The number of hydrogen-bond donors (Lipinski definition) is 2. The van der Waals surface area contributed by atoms with Crippen LogP contribution in [0.4, 0.5) is 0 Å². The van der Waals surface area contributed by atoms with Gasteiger partial charge in [0.15, 0.2) is 6.61 Å². The molecule has 2 rings (SSSR count). The van der Waals surface area contributed by atoms with Crippen LogP contribution in [0.5, 0.6) is 5.75 Å². The normalized spacial score (nSPS) is 10.7. The van der Waals surface area contributed by atoms with Gasteiger partial charge in [-0.3, -0.25) is 20.4 Å². The second-order valence-electron chi connectivity index (χ2n) is 6.41. The summed E-state index contributed by atoms with van der Waals surface area (Å²) >= 11 is 6.16. The van der Waals surface area contributed by atoms with Gasteiger partial charge in [0, 0.05) is 5.02 Å². The molecule has 0 radical (unpaired) electrons. The molecule has 0 aliphatic carbocycles. The first-order valence-electron chi connectivity index (χ1n) is 8.28. The van der Waals surface area contributed by atoms with Crippen LogP contribution >= 0.6 is 11.6 Å². The minimum Gasteiger partial charge on any atom is -0.483 e. The van der Waals surface area contributed by atoms with Crippen molar-refractivity contribution in [2.24, 2.45) is 0 Å². The van der Waals surface area contributed by atoms with Gasteiger partial charge in [0.2, 0.25) is 0 Å². The Hall–Kier alpha value is -2.47. The number of amides is 2. The van der Waals surface area contributed by atoms with E-state index in [2.05, 4.69) is 10.9 Å². The molecule has 1 aromatic heterocycles. The molecule has 0 aliphatic rings. The molecular weight excluding hydrogens is 356 g/mol. The lowest BCUT2D eigenvalue weighted by atomic mass is 10.0. The topological polar surface area (TPSA) is 80.6 Å². The van der Waals surface area contributed by atoms with E-state index >= 15 is 0 Å². The van der Waals surface area contributed by atoms with Gasteiger partial charge in [-0.05, 0) is 56.0 Å². The van der Waals surface area contributed by atoms with E-state index in [0.29, 0.717) is 27.9 Å². The summed E-state index contributed by atoms with van der Waals surface area (Å²) in [7, 11) is 0. The summed E-state index contributed by atoms with van der Waals surface area (Å²) in [5.41, 5.74) is 6.84. The highest BCUT2D eigenvalue weighted by atomic mass is 35.5. The van der Waals surface area contributed by atoms with Gasteiger partial charge < -0.3 is 9.15 Å². The second-order valence-corrected chi connectivity index (χ2v) is 6.82. The van der Waals surface area contributed by atoms with Crippen molar-refractivity contribution in [3.63, 3.8) is 0 Å². The number of hydrogen-bond acceptors (Lipinski definition) is 4. The van der Waals surface area contributed by atoms with Crippen LogP contribution in [0.1, 0.15) is 52.8 Å². The van der Waals surface area contributed by atoms with E-state index < -0.39 is 11.8 Å². The predicted octanol–water partition coefficient (Wildman–Crippen LogP) is 3.82. The van der Waals surface area contributed by atoms with Gasteiger partial charge in [0.25, 0.3) is 11.8 Å². The van der Waals surface area contributed by atoms with Crippen LogP contribution in [0.25, 0.3) is 0 Å². The minimum atomic E-state index is -0.474. The molecule has 26 heavy (non-hydrogen) atoms. The van der Waals surface area contributed by atoms with E-state index in [9.17, 15) is 9.59 Å². The van der Waals surface area contributed by atoms with Crippen molar-refractivity contribution in [2.45, 2.75) is 40.5 Å². The van der Waals surface area contributed by atoms with Crippen molar-refractivity contribution < 1.29 is 18.7 Å². The summed E-state index contributed by atoms with van der Waals surface area (Å²) in [5, 5.41) is 0.656. The Balaban J connectivity index is 1.94. The summed E-state index contributed by atoms with van der Waals surface area (Å²) in [6, 6.07) is 5.26. The van der Waals surface area contributed by atoms with Crippen molar-refractivity contribution in [1.82, 2.24) is 10.9 Å². The Bertz CT molecular complexity index is 827. The average Bonchev–Trinajstić information content (AvgIpc) is 2.91. The van der Waals surface area contributed by atoms with Crippen molar-refractivity contribution in [3.05, 3.63) is 51.4 Å². The molecule has 0 bridgehead atoms. The number of rotatable bonds is 5. The average molecular weight is 379 g/mol. The van der Waals surface area contributed by atoms with Crippen molar-refractivity contribution in [2.75, 3.05) is 6.61 Å². The molecule has 0 spiro atoms. The summed E-state index contributed by atoms with van der Waals surface area (Å²) in [6.45, 7) is 9.10. The van der Waals surface area contributed by atoms with E-state index in [1.165, 1.54) is 0 Å². The number of carbonyl (C=O) groups is 2. The van der Waals surface area contributed by atoms with Gasteiger partial charge in [-0.15, -0.1) is 0 Å². The van der Waals surface area contributed by atoms with Gasteiger partial charge >= 0.3 is 0 Å². The SMILES string of the molecule is Cc1cc(C(=O)NNC(=O)COc2cc(C)c(Cl)cc2C(C)C)c(C)o1. The molecule has 0 saturated heterocycles. The predicted molar refractivity (Wildman–Crippen MR) is 99.6 cm³/mol. The molecular formula is C19H23ClN2O4. The van der Waals surface area contributed by atoms with E-state index in [4.69, 9.17) is 20.8 Å². The molecule has 2 amide bonds. The quantitative estimate of drug-likeness (QED) is 0.775. The zero-order chi connectivity index (χ0) is 19.4. The van der Waals surface area contributed by atoms with Crippen LogP contribution in [0, 0.1) is 20.8 Å². The first-order chi connectivity index (χ1) is 12.2. The second kappa shape index (κ2) is 8.27. The highest BCUT2D eigenvalue weighted by Gasteiger charge is 2.15. The molecule has 7 heteroatoms. The van der Waals surface area contributed by atoms with E-state index in [-0.39, 0.29) is 12.5 Å².